The molecular weight excluding hydrogens is 392 g/mol. The Morgan fingerprint density at radius 3 is 2.68 bits per heavy atom. The minimum Gasteiger partial charge on any atom is -0.327 e. The summed E-state index contributed by atoms with van der Waals surface area (Å²) in [5.41, 5.74) is 2.31. The van der Waals surface area contributed by atoms with Gasteiger partial charge in [0.05, 0.1) is 6.04 Å². The number of hydrogen-bond donors (Lipinski definition) is 1. The van der Waals surface area contributed by atoms with E-state index in [4.69, 9.17) is 0 Å². The van der Waals surface area contributed by atoms with Gasteiger partial charge in [-0.25, -0.2) is 4.68 Å². The van der Waals surface area contributed by atoms with E-state index >= 15 is 0 Å². The highest BCUT2D eigenvalue weighted by molar-refractivity contribution is 5.98. The zero-order valence-electron chi connectivity index (χ0n) is 17.1. The number of nitrogens with one attached hydrogen (secondary N) is 1. The lowest BCUT2D eigenvalue weighted by Gasteiger charge is -2.34. The normalized spacial score (nSPS) is 17.4. The van der Waals surface area contributed by atoms with Gasteiger partial charge in [0.1, 0.15) is 6.04 Å². The Morgan fingerprint density at radius 1 is 1.06 bits per heavy atom. The number of anilines is 1. The van der Waals surface area contributed by atoms with Gasteiger partial charge in [-0.2, -0.15) is 0 Å². The van der Waals surface area contributed by atoms with Crippen LogP contribution < -0.4 is 5.32 Å². The minimum atomic E-state index is -0.658. The van der Waals surface area contributed by atoms with E-state index in [0.717, 1.165) is 36.8 Å². The largest absolute Gasteiger partial charge is 0.327 e. The molecule has 1 N–H and O–H groups in total. The molecular formula is C23H24N6O2. The second kappa shape index (κ2) is 8.29. The zero-order chi connectivity index (χ0) is 21.2. The van der Waals surface area contributed by atoms with Crippen LogP contribution in [0.1, 0.15) is 49.8 Å². The number of benzene rings is 2. The van der Waals surface area contributed by atoms with Crippen molar-refractivity contribution in [2.75, 3.05) is 11.9 Å². The molecule has 0 bridgehead atoms. The Balaban J connectivity index is 1.42. The molecule has 2 amide bonds. The van der Waals surface area contributed by atoms with Crippen molar-refractivity contribution < 1.29 is 9.59 Å². The first-order valence-electron chi connectivity index (χ1n) is 10.7. The van der Waals surface area contributed by atoms with Crippen LogP contribution in [0.3, 0.4) is 0 Å². The number of likely N-dealkylation sites (tertiary alicyclic amines) is 1. The number of rotatable bonds is 6. The number of carbonyl (C=O) groups excluding carboxylic acids is 2. The van der Waals surface area contributed by atoms with Crippen molar-refractivity contribution in [3.8, 4) is 11.4 Å². The second-order valence-electron chi connectivity index (χ2n) is 8.11. The molecule has 1 aromatic heterocycles. The van der Waals surface area contributed by atoms with Gasteiger partial charge in [-0.15, -0.1) is 5.10 Å². The highest BCUT2D eigenvalue weighted by Crippen LogP contribution is 2.37. The van der Waals surface area contributed by atoms with Gasteiger partial charge >= 0.3 is 0 Å². The summed E-state index contributed by atoms with van der Waals surface area (Å²) in [6.07, 6.45) is 4.42. The first-order valence-corrected chi connectivity index (χ1v) is 10.7. The van der Waals surface area contributed by atoms with Gasteiger partial charge in [-0.05, 0) is 53.8 Å². The third-order valence-corrected chi connectivity index (χ3v) is 5.81. The zero-order valence-corrected chi connectivity index (χ0v) is 17.1. The Hall–Kier alpha value is -3.55. The highest BCUT2D eigenvalue weighted by Gasteiger charge is 2.33. The van der Waals surface area contributed by atoms with Crippen molar-refractivity contribution in [3.05, 3.63) is 60.2 Å². The molecule has 1 unspecified atom stereocenters. The maximum absolute atomic E-state index is 13.4. The third kappa shape index (κ3) is 4.05. The van der Waals surface area contributed by atoms with Crippen LogP contribution in [0.4, 0.5) is 5.69 Å². The molecule has 1 aliphatic heterocycles. The molecule has 1 atom stereocenters. The first-order chi connectivity index (χ1) is 15.2. The van der Waals surface area contributed by atoms with E-state index in [1.807, 2.05) is 59.3 Å². The summed E-state index contributed by atoms with van der Waals surface area (Å²) in [4.78, 5) is 27.7. The fraction of sp³-hybridized carbons (Fsp3) is 0.348. The number of tetrazole rings is 1. The highest BCUT2D eigenvalue weighted by atomic mass is 16.2. The van der Waals surface area contributed by atoms with Gasteiger partial charge in [-0.1, -0.05) is 42.5 Å². The predicted octanol–water partition coefficient (Wildman–Crippen LogP) is 3.37. The minimum absolute atomic E-state index is 0.0209. The van der Waals surface area contributed by atoms with Crippen molar-refractivity contribution >= 4 is 17.5 Å². The molecule has 1 saturated heterocycles. The lowest BCUT2D eigenvalue weighted by atomic mass is 10.0. The molecule has 1 aliphatic carbocycles. The lowest BCUT2D eigenvalue weighted by molar-refractivity contribution is -0.141. The molecule has 2 fully saturated rings. The van der Waals surface area contributed by atoms with Crippen LogP contribution in [-0.4, -0.2) is 43.5 Å². The molecule has 0 spiro atoms. The van der Waals surface area contributed by atoms with Crippen LogP contribution in [0.25, 0.3) is 11.4 Å². The van der Waals surface area contributed by atoms with E-state index in [1.54, 1.807) is 4.90 Å². The number of nitrogens with zero attached hydrogens (tertiary/aromatic N) is 5. The summed E-state index contributed by atoms with van der Waals surface area (Å²) in [6.45, 7) is 0.585. The van der Waals surface area contributed by atoms with Crippen LogP contribution in [0.2, 0.25) is 0 Å². The van der Waals surface area contributed by atoms with E-state index in [2.05, 4.69) is 20.8 Å². The van der Waals surface area contributed by atoms with Gasteiger partial charge in [0.25, 0.3) is 5.91 Å². The number of amides is 2. The average Bonchev–Trinajstić information content (AvgIpc) is 3.52. The molecule has 158 valence electrons. The third-order valence-electron chi connectivity index (χ3n) is 5.81. The van der Waals surface area contributed by atoms with Crippen LogP contribution in [0, 0.1) is 0 Å². The molecule has 8 nitrogen and oxygen atoms in total. The van der Waals surface area contributed by atoms with Crippen molar-refractivity contribution in [2.24, 2.45) is 0 Å². The van der Waals surface area contributed by atoms with E-state index in [1.165, 1.54) is 0 Å². The topological polar surface area (TPSA) is 93.0 Å². The molecule has 1 saturated carbocycles. The van der Waals surface area contributed by atoms with E-state index in [0.29, 0.717) is 30.5 Å². The van der Waals surface area contributed by atoms with Crippen LogP contribution >= 0.6 is 0 Å². The van der Waals surface area contributed by atoms with Crippen molar-refractivity contribution in [2.45, 2.75) is 44.2 Å². The van der Waals surface area contributed by atoms with E-state index in [9.17, 15) is 9.59 Å². The molecule has 8 heteroatoms. The molecule has 3 aromatic rings. The SMILES string of the molecule is O=C(Nc1cccc(-c2nnnn2C2CC2)c1)C(c1ccccc1)N1CCCCC1=O. The Kier molecular flexibility index (Phi) is 5.19. The summed E-state index contributed by atoms with van der Waals surface area (Å²) in [5.74, 6) is 0.498. The van der Waals surface area contributed by atoms with Gasteiger partial charge < -0.3 is 10.2 Å². The number of aromatic nitrogens is 4. The lowest BCUT2D eigenvalue weighted by Crippen LogP contribution is -2.43. The van der Waals surface area contributed by atoms with E-state index in [-0.39, 0.29) is 11.8 Å². The van der Waals surface area contributed by atoms with Gasteiger partial charge in [0, 0.05) is 24.2 Å². The molecule has 2 aliphatic rings. The van der Waals surface area contributed by atoms with Gasteiger partial charge in [0.2, 0.25) is 5.91 Å². The van der Waals surface area contributed by atoms with Crippen LogP contribution in [-0.2, 0) is 9.59 Å². The fourth-order valence-electron chi connectivity index (χ4n) is 4.10. The number of hydrogen-bond acceptors (Lipinski definition) is 5. The smallest absolute Gasteiger partial charge is 0.251 e. The summed E-state index contributed by atoms with van der Waals surface area (Å²) in [7, 11) is 0. The summed E-state index contributed by atoms with van der Waals surface area (Å²) in [5, 5.41) is 15.1. The van der Waals surface area contributed by atoms with Crippen LogP contribution in [0.15, 0.2) is 54.6 Å². The number of piperidine rings is 1. The second-order valence-corrected chi connectivity index (χ2v) is 8.11. The first kappa shape index (κ1) is 19.4. The van der Waals surface area contributed by atoms with Crippen LogP contribution in [0.5, 0.6) is 0 Å². The molecule has 31 heavy (non-hydrogen) atoms. The average molecular weight is 416 g/mol. The predicted molar refractivity (Wildman–Crippen MR) is 115 cm³/mol. The standard InChI is InChI=1S/C23H24N6O2/c30-20-11-4-5-14-28(20)21(16-7-2-1-3-8-16)23(31)24-18-10-6-9-17(15-18)22-25-26-27-29(22)19-12-13-19/h1-3,6-10,15,19,21H,4-5,11-14H2,(H,24,31). The van der Waals surface area contributed by atoms with Gasteiger partial charge in [0.15, 0.2) is 5.82 Å². The van der Waals surface area contributed by atoms with Crippen molar-refractivity contribution in [3.63, 3.8) is 0 Å². The maximum atomic E-state index is 13.4. The molecule has 0 radical (unpaired) electrons. The summed E-state index contributed by atoms with van der Waals surface area (Å²) >= 11 is 0. The molecule has 5 rings (SSSR count). The summed E-state index contributed by atoms with van der Waals surface area (Å²) in [6, 6.07) is 16.7. The van der Waals surface area contributed by atoms with Crippen molar-refractivity contribution in [1.82, 2.24) is 25.1 Å². The maximum Gasteiger partial charge on any atom is 0.251 e. The van der Waals surface area contributed by atoms with E-state index < -0.39 is 6.04 Å². The van der Waals surface area contributed by atoms with Gasteiger partial charge in [-0.3, -0.25) is 9.59 Å². The van der Waals surface area contributed by atoms with Crippen molar-refractivity contribution in [1.29, 1.82) is 0 Å². The summed E-state index contributed by atoms with van der Waals surface area (Å²) < 4.78 is 1.85. The Morgan fingerprint density at radius 2 is 1.90 bits per heavy atom. The monoisotopic (exact) mass is 416 g/mol. The number of carbonyl (C=O) groups is 2. The Bertz CT molecular complexity index is 1090. The molecule has 2 heterocycles. The molecule has 2 aromatic carbocycles. The Labute approximate surface area is 180 Å². The fourth-order valence-corrected chi connectivity index (χ4v) is 4.10. The quantitative estimate of drug-likeness (QED) is 0.665.